The Morgan fingerprint density at radius 3 is 2.68 bits per heavy atom. The van der Waals surface area contributed by atoms with E-state index in [0.29, 0.717) is 17.8 Å². The maximum Gasteiger partial charge on any atom is 0.449 e. The minimum atomic E-state index is -4.55. The van der Waals surface area contributed by atoms with Gasteiger partial charge in [-0.1, -0.05) is 18.2 Å². The summed E-state index contributed by atoms with van der Waals surface area (Å²) in [5, 5.41) is 5.45. The normalized spacial score (nSPS) is 14.5. The van der Waals surface area contributed by atoms with Gasteiger partial charge in [-0.3, -0.25) is 4.79 Å². The molecule has 5 nitrogen and oxygen atoms in total. The zero-order valence-corrected chi connectivity index (χ0v) is 11.4. The van der Waals surface area contributed by atoms with Gasteiger partial charge in [0.05, 0.1) is 5.69 Å². The molecule has 0 fully saturated rings. The number of halogens is 3. The van der Waals surface area contributed by atoms with Crippen molar-refractivity contribution in [2.75, 3.05) is 11.9 Å². The summed E-state index contributed by atoms with van der Waals surface area (Å²) in [4.78, 5) is 15.7. The molecule has 22 heavy (non-hydrogen) atoms. The van der Waals surface area contributed by atoms with Crippen LogP contribution in [-0.4, -0.2) is 22.0 Å². The maximum atomic E-state index is 13.0. The second-order valence-electron chi connectivity index (χ2n) is 4.88. The third kappa shape index (κ3) is 2.69. The number of rotatable bonds is 2. The lowest BCUT2D eigenvalue weighted by molar-refractivity contribution is -0.147. The van der Waals surface area contributed by atoms with Crippen LogP contribution < -0.4 is 10.6 Å². The number of amides is 1. The summed E-state index contributed by atoms with van der Waals surface area (Å²) < 4.78 is 40.2. The number of hydrogen-bond donors (Lipinski definition) is 2. The van der Waals surface area contributed by atoms with Gasteiger partial charge in [-0.25, -0.2) is 4.98 Å². The highest BCUT2D eigenvalue weighted by atomic mass is 19.4. The monoisotopic (exact) mass is 310 g/mol. The number of alkyl halides is 3. The summed E-state index contributed by atoms with van der Waals surface area (Å²) in [6, 6.07) is 8.28. The van der Waals surface area contributed by atoms with Crippen molar-refractivity contribution in [1.82, 2.24) is 14.9 Å². The number of carbonyl (C=O) groups is 1. The summed E-state index contributed by atoms with van der Waals surface area (Å²) in [6.07, 6.45) is -4.55. The molecule has 2 aromatic rings. The van der Waals surface area contributed by atoms with E-state index in [-0.39, 0.29) is 18.9 Å². The third-order valence-electron chi connectivity index (χ3n) is 3.40. The summed E-state index contributed by atoms with van der Waals surface area (Å²) >= 11 is 0. The van der Waals surface area contributed by atoms with Crippen LogP contribution in [0.3, 0.4) is 0 Å². The number of carbonyl (C=O) groups excluding carboxylic acids is 1. The number of nitrogens with one attached hydrogen (secondary N) is 2. The second kappa shape index (κ2) is 5.45. The van der Waals surface area contributed by atoms with E-state index in [1.807, 2.05) is 0 Å². The first-order chi connectivity index (χ1) is 10.5. The van der Waals surface area contributed by atoms with Crippen LogP contribution in [0.4, 0.5) is 19.0 Å². The molecule has 0 saturated carbocycles. The molecule has 1 amide bonds. The number of nitrogens with zero attached hydrogens (tertiary/aromatic N) is 2. The lowest BCUT2D eigenvalue weighted by atomic mass is 10.2. The zero-order chi connectivity index (χ0) is 15.7. The van der Waals surface area contributed by atoms with E-state index < -0.39 is 17.9 Å². The van der Waals surface area contributed by atoms with Crippen LogP contribution >= 0.6 is 0 Å². The lowest BCUT2D eigenvalue weighted by Gasteiger charge is -2.19. The minimum absolute atomic E-state index is 0.0478. The first kappa shape index (κ1) is 14.6. The smallest absolute Gasteiger partial charge is 0.320 e. The Morgan fingerprint density at radius 1 is 1.27 bits per heavy atom. The van der Waals surface area contributed by atoms with Crippen molar-refractivity contribution in [1.29, 1.82) is 0 Å². The van der Waals surface area contributed by atoms with Gasteiger partial charge in [-0.05, 0) is 12.1 Å². The quantitative estimate of drug-likeness (QED) is 0.894. The summed E-state index contributed by atoms with van der Waals surface area (Å²) in [6.45, 7) is 0.824. The van der Waals surface area contributed by atoms with Gasteiger partial charge in [0.1, 0.15) is 0 Å². The maximum absolute atomic E-state index is 13.0. The largest absolute Gasteiger partial charge is 0.449 e. The molecule has 0 bridgehead atoms. The van der Waals surface area contributed by atoms with Crippen LogP contribution in [0.5, 0.6) is 0 Å². The van der Waals surface area contributed by atoms with Gasteiger partial charge in [0, 0.05) is 25.2 Å². The summed E-state index contributed by atoms with van der Waals surface area (Å²) in [5.74, 6) is -1.51. The molecular formula is C14H13F3N4O. The van der Waals surface area contributed by atoms with Crippen molar-refractivity contribution in [3.8, 4) is 0 Å². The number of benzene rings is 1. The first-order valence-electron chi connectivity index (χ1n) is 6.70. The fourth-order valence-electron chi connectivity index (χ4n) is 2.39. The molecule has 8 heteroatoms. The SMILES string of the molecule is O=C(Nc1nc(C(F)(F)F)n2c1CNCC2)c1ccccc1. The Labute approximate surface area is 124 Å². The highest BCUT2D eigenvalue weighted by Crippen LogP contribution is 2.33. The molecule has 116 valence electrons. The average Bonchev–Trinajstić information content (AvgIpc) is 2.87. The molecular weight excluding hydrogens is 297 g/mol. The molecule has 0 saturated heterocycles. The highest BCUT2D eigenvalue weighted by molar-refractivity contribution is 6.04. The molecule has 3 rings (SSSR count). The fraction of sp³-hybridized carbons (Fsp3) is 0.286. The lowest BCUT2D eigenvalue weighted by Crippen LogP contribution is -2.30. The number of fused-ring (bicyclic) bond motifs is 1. The number of aromatic nitrogens is 2. The molecule has 0 atom stereocenters. The zero-order valence-electron chi connectivity index (χ0n) is 11.4. The molecule has 1 aliphatic rings. The van der Waals surface area contributed by atoms with E-state index in [1.54, 1.807) is 30.3 Å². The Morgan fingerprint density at radius 2 is 2.00 bits per heavy atom. The molecule has 1 aromatic carbocycles. The van der Waals surface area contributed by atoms with Gasteiger partial charge in [-0.2, -0.15) is 13.2 Å². The molecule has 2 N–H and O–H groups in total. The molecule has 1 aromatic heterocycles. The van der Waals surface area contributed by atoms with E-state index in [2.05, 4.69) is 15.6 Å². The van der Waals surface area contributed by atoms with Gasteiger partial charge in [0.2, 0.25) is 5.82 Å². The number of hydrogen-bond acceptors (Lipinski definition) is 3. The second-order valence-corrected chi connectivity index (χ2v) is 4.88. The fourth-order valence-corrected chi connectivity index (χ4v) is 2.39. The van der Waals surface area contributed by atoms with Gasteiger partial charge in [-0.15, -0.1) is 0 Å². The molecule has 1 aliphatic heterocycles. The van der Waals surface area contributed by atoms with Crippen LogP contribution in [0.25, 0.3) is 0 Å². The molecule has 0 spiro atoms. The van der Waals surface area contributed by atoms with Gasteiger partial charge in [0.25, 0.3) is 5.91 Å². The van der Waals surface area contributed by atoms with Crippen LogP contribution in [0, 0.1) is 0 Å². The molecule has 0 unspecified atom stereocenters. The summed E-state index contributed by atoms with van der Waals surface area (Å²) in [5.41, 5.74) is 0.699. The standard InChI is InChI=1S/C14H13F3N4O/c15-14(16,17)13-20-11(10-8-18-6-7-21(10)13)19-12(22)9-4-2-1-3-5-9/h1-5,18H,6-8H2,(H,19,22). The van der Waals surface area contributed by atoms with Gasteiger partial charge < -0.3 is 15.2 Å². The van der Waals surface area contributed by atoms with Crippen molar-refractivity contribution in [3.63, 3.8) is 0 Å². The van der Waals surface area contributed by atoms with Crippen LogP contribution in [0.15, 0.2) is 30.3 Å². The molecule has 2 heterocycles. The Hall–Kier alpha value is -2.35. The molecule has 0 aliphatic carbocycles. The topological polar surface area (TPSA) is 59.0 Å². The summed E-state index contributed by atoms with van der Waals surface area (Å²) in [7, 11) is 0. The Bertz CT molecular complexity index is 694. The van der Waals surface area contributed by atoms with Crippen molar-refractivity contribution in [2.45, 2.75) is 19.3 Å². The minimum Gasteiger partial charge on any atom is -0.320 e. The number of anilines is 1. The van der Waals surface area contributed by atoms with Crippen LogP contribution in [0.2, 0.25) is 0 Å². The predicted molar refractivity (Wildman–Crippen MR) is 73.3 cm³/mol. The number of imidazole rings is 1. The van der Waals surface area contributed by atoms with Crippen molar-refractivity contribution >= 4 is 11.7 Å². The predicted octanol–water partition coefficient (Wildman–Crippen LogP) is 2.26. The van der Waals surface area contributed by atoms with Crippen molar-refractivity contribution < 1.29 is 18.0 Å². The van der Waals surface area contributed by atoms with Crippen molar-refractivity contribution in [2.24, 2.45) is 0 Å². The van der Waals surface area contributed by atoms with Gasteiger partial charge >= 0.3 is 6.18 Å². The van der Waals surface area contributed by atoms with Crippen LogP contribution in [0.1, 0.15) is 21.9 Å². The van der Waals surface area contributed by atoms with Crippen LogP contribution in [-0.2, 0) is 19.3 Å². The van der Waals surface area contributed by atoms with Crippen molar-refractivity contribution in [3.05, 3.63) is 47.4 Å². The van der Waals surface area contributed by atoms with E-state index >= 15 is 0 Å². The first-order valence-corrected chi connectivity index (χ1v) is 6.70. The third-order valence-corrected chi connectivity index (χ3v) is 3.40. The molecule has 0 radical (unpaired) electrons. The van der Waals surface area contributed by atoms with Gasteiger partial charge in [0.15, 0.2) is 5.82 Å². The van der Waals surface area contributed by atoms with E-state index in [1.165, 1.54) is 0 Å². The Balaban J connectivity index is 1.94. The van der Waals surface area contributed by atoms with E-state index in [9.17, 15) is 18.0 Å². The average molecular weight is 310 g/mol. The van der Waals surface area contributed by atoms with E-state index in [0.717, 1.165) is 4.57 Å². The highest BCUT2D eigenvalue weighted by Gasteiger charge is 2.39. The Kier molecular flexibility index (Phi) is 3.61. The van der Waals surface area contributed by atoms with E-state index in [4.69, 9.17) is 0 Å².